The fraction of sp³-hybridized carbons (Fsp3) is 0.300. The number of carbonyl (C=O) groups excluding carboxylic acids is 1. The topological polar surface area (TPSA) is 48.2 Å². The first-order valence-electron chi connectivity index (χ1n) is 4.30. The second-order valence-electron chi connectivity index (χ2n) is 3.05. The highest BCUT2D eigenvalue weighted by Crippen LogP contribution is 2.04. The molecule has 0 saturated carbocycles. The molecule has 1 N–H and O–H groups in total. The summed E-state index contributed by atoms with van der Waals surface area (Å²) in [7, 11) is 0. The van der Waals surface area contributed by atoms with E-state index in [4.69, 9.17) is 4.74 Å². The van der Waals surface area contributed by atoms with Gasteiger partial charge in [0.05, 0.1) is 0 Å². The third-order valence-corrected chi connectivity index (χ3v) is 1.92. The lowest BCUT2D eigenvalue weighted by molar-refractivity contribution is -0.144. The van der Waals surface area contributed by atoms with Crippen molar-refractivity contribution in [3.8, 4) is 0 Å². The summed E-state index contributed by atoms with van der Waals surface area (Å²) in [6.45, 7) is 1.13. The number of nitrogens with one attached hydrogen (secondary N) is 1. The summed E-state index contributed by atoms with van der Waals surface area (Å²) in [5.41, 5.74) is 1.02. The van der Waals surface area contributed by atoms with Gasteiger partial charge in [0.2, 0.25) is 0 Å². The van der Waals surface area contributed by atoms with Crippen LogP contribution in [0.2, 0.25) is 0 Å². The van der Waals surface area contributed by atoms with Crippen molar-refractivity contribution < 1.29 is 9.53 Å². The summed E-state index contributed by atoms with van der Waals surface area (Å²) < 4.78 is 5.05. The zero-order chi connectivity index (χ0) is 9.10. The number of rotatable bonds is 3. The molecule has 3 nitrogen and oxygen atoms in total. The Morgan fingerprint density at radius 1 is 1.46 bits per heavy atom. The van der Waals surface area contributed by atoms with Crippen LogP contribution in [-0.4, -0.2) is 18.6 Å². The van der Waals surface area contributed by atoms with Gasteiger partial charge in [0, 0.05) is 6.54 Å². The molecular formula is C10H11NO2. The fourth-order valence-corrected chi connectivity index (χ4v) is 1.05. The Kier molecular flexibility index (Phi) is 2.27. The summed E-state index contributed by atoms with van der Waals surface area (Å²) >= 11 is 0. The van der Waals surface area contributed by atoms with Gasteiger partial charge in [0.1, 0.15) is 12.6 Å². The van der Waals surface area contributed by atoms with E-state index in [2.05, 4.69) is 5.32 Å². The van der Waals surface area contributed by atoms with Gasteiger partial charge in [-0.3, -0.25) is 4.79 Å². The van der Waals surface area contributed by atoms with Gasteiger partial charge in [-0.2, -0.15) is 0 Å². The Morgan fingerprint density at radius 3 is 2.77 bits per heavy atom. The van der Waals surface area contributed by atoms with Crippen LogP contribution in [0, 0.1) is 0 Å². The van der Waals surface area contributed by atoms with Crippen molar-refractivity contribution in [3.05, 3.63) is 35.9 Å². The molecule has 1 aliphatic heterocycles. The average Bonchev–Trinajstić information content (AvgIpc) is 2.99. The number of ether oxygens (including phenoxy) is 1. The van der Waals surface area contributed by atoms with Crippen LogP contribution in [0.25, 0.3) is 0 Å². The van der Waals surface area contributed by atoms with Gasteiger partial charge in [-0.25, -0.2) is 0 Å². The molecule has 0 radical (unpaired) electrons. The maximum atomic E-state index is 11.1. The van der Waals surface area contributed by atoms with Crippen LogP contribution in [0.3, 0.4) is 0 Å². The Labute approximate surface area is 76.7 Å². The molecule has 3 heteroatoms. The minimum atomic E-state index is -0.149. The first-order chi connectivity index (χ1) is 6.36. The molecule has 68 valence electrons. The SMILES string of the molecule is O=C(OCc1ccccc1)C1CN1. The second kappa shape index (κ2) is 3.58. The Morgan fingerprint density at radius 2 is 2.15 bits per heavy atom. The minimum absolute atomic E-state index is 0.0521. The van der Waals surface area contributed by atoms with Gasteiger partial charge in [0.15, 0.2) is 0 Å². The number of esters is 1. The van der Waals surface area contributed by atoms with Crippen molar-refractivity contribution in [2.45, 2.75) is 12.6 Å². The van der Waals surface area contributed by atoms with E-state index in [0.29, 0.717) is 6.61 Å². The summed E-state index contributed by atoms with van der Waals surface area (Å²) in [6.07, 6.45) is 0. The van der Waals surface area contributed by atoms with Crippen molar-refractivity contribution in [1.82, 2.24) is 5.32 Å². The highest BCUT2D eigenvalue weighted by Gasteiger charge is 2.30. The molecule has 13 heavy (non-hydrogen) atoms. The van der Waals surface area contributed by atoms with Crippen LogP contribution in [0.1, 0.15) is 5.56 Å². The van der Waals surface area contributed by atoms with Crippen molar-refractivity contribution in [1.29, 1.82) is 0 Å². The summed E-state index contributed by atoms with van der Waals surface area (Å²) in [6, 6.07) is 9.62. The predicted molar refractivity (Wildman–Crippen MR) is 48.0 cm³/mol. The molecule has 1 aromatic rings. The van der Waals surface area contributed by atoms with E-state index >= 15 is 0 Å². The van der Waals surface area contributed by atoms with Gasteiger partial charge in [0.25, 0.3) is 0 Å². The first kappa shape index (κ1) is 8.26. The van der Waals surface area contributed by atoms with Gasteiger partial charge in [-0.1, -0.05) is 30.3 Å². The summed E-state index contributed by atoms with van der Waals surface area (Å²) in [4.78, 5) is 11.1. The zero-order valence-electron chi connectivity index (χ0n) is 7.19. The van der Waals surface area contributed by atoms with E-state index in [-0.39, 0.29) is 12.0 Å². The van der Waals surface area contributed by atoms with E-state index in [9.17, 15) is 4.79 Å². The second-order valence-corrected chi connectivity index (χ2v) is 3.05. The molecule has 1 heterocycles. The Balaban J connectivity index is 1.82. The van der Waals surface area contributed by atoms with Crippen molar-refractivity contribution in [2.75, 3.05) is 6.54 Å². The van der Waals surface area contributed by atoms with Crippen LogP contribution in [0.4, 0.5) is 0 Å². The molecule has 1 fully saturated rings. The molecule has 0 bridgehead atoms. The molecule has 1 saturated heterocycles. The minimum Gasteiger partial charge on any atom is -0.460 e. The predicted octanol–water partition coefficient (Wildman–Crippen LogP) is 0.702. The molecule has 0 amide bonds. The monoisotopic (exact) mass is 177 g/mol. The highest BCUT2D eigenvalue weighted by atomic mass is 16.5. The number of benzene rings is 1. The van der Waals surface area contributed by atoms with E-state index in [0.717, 1.165) is 12.1 Å². The molecular weight excluding hydrogens is 166 g/mol. The molecule has 2 rings (SSSR count). The van der Waals surface area contributed by atoms with E-state index in [1.165, 1.54) is 0 Å². The quantitative estimate of drug-likeness (QED) is 0.546. The van der Waals surface area contributed by atoms with Gasteiger partial charge >= 0.3 is 5.97 Å². The number of hydrogen-bond acceptors (Lipinski definition) is 3. The molecule has 1 atom stereocenters. The van der Waals surface area contributed by atoms with E-state index < -0.39 is 0 Å². The third kappa shape index (κ3) is 2.29. The third-order valence-electron chi connectivity index (χ3n) is 1.92. The van der Waals surface area contributed by atoms with Crippen molar-refractivity contribution in [3.63, 3.8) is 0 Å². The molecule has 1 aromatic carbocycles. The number of hydrogen-bond donors (Lipinski definition) is 1. The van der Waals surface area contributed by atoms with Crippen LogP contribution >= 0.6 is 0 Å². The van der Waals surface area contributed by atoms with Crippen LogP contribution in [0.5, 0.6) is 0 Å². The van der Waals surface area contributed by atoms with Crippen LogP contribution < -0.4 is 5.32 Å². The lowest BCUT2D eigenvalue weighted by atomic mass is 10.2. The Bertz CT molecular complexity index is 293. The Hall–Kier alpha value is -1.35. The molecule has 0 aromatic heterocycles. The maximum absolute atomic E-state index is 11.1. The largest absolute Gasteiger partial charge is 0.460 e. The lowest BCUT2D eigenvalue weighted by Crippen LogP contribution is -2.13. The normalized spacial score (nSPS) is 19.5. The van der Waals surface area contributed by atoms with Gasteiger partial charge < -0.3 is 10.1 Å². The first-order valence-corrected chi connectivity index (χ1v) is 4.30. The van der Waals surface area contributed by atoms with E-state index in [1.54, 1.807) is 0 Å². The van der Waals surface area contributed by atoms with Crippen molar-refractivity contribution in [2.24, 2.45) is 0 Å². The average molecular weight is 177 g/mol. The summed E-state index contributed by atoms with van der Waals surface area (Å²) in [5, 5.41) is 2.90. The molecule has 1 unspecified atom stereocenters. The molecule has 1 aliphatic rings. The fourth-order valence-electron chi connectivity index (χ4n) is 1.05. The highest BCUT2D eigenvalue weighted by molar-refractivity contribution is 5.78. The van der Waals surface area contributed by atoms with Crippen LogP contribution in [0.15, 0.2) is 30.3 Å². The van der Waals surface area contributed by atoms with E-state index in [1.807, 2.05) is 30.3 Å². The van der Waals surface area contributed by atoms with Crippen LogP contribution in [-0.2, 0) is 16.1 Å². The summed E-state index contributed by atoms with van der Waals surface area (Å²) in [5.74, 6) is -0.149. The molecule has 0 aliphatic carbocycles. The standard InChI is InChI=1S/C10H11NO2/c12-10(9-6-11-9)13-7-8-4-2-1-3-5-8/h1-5,9,11H,6-7H2. The van der Waals surface area contributed by atoms with Gasteiger partial charge in [-0.15, -0.1) is 0 Å². The van der Waals surface area contributed by atoms with Crippen molar-refractivity contribution >= 4 is 5.97 Å². The maximum Gasteiger partial charge on any atom is 0.324 e. The van der Waals surface area contributed by atoms with Gasteiger partial charge in [-0.05, 0) is 5.56 Å². The number of carbonyl (C=O) groups is 1. The smallest absolute Gasteiger partial charge is 0.324 e. The molecule has 0 spiro atoms. The lowest BCUT2D eigenvalue weighted by Gasteiger charge is -2.02. The zero-order valence-corrected chi connectivity index (χ0v) is 7.19.